The van der Waals surface area contributed by atoms with E-state index in [4.69, 9.17) is 0 Å². The zero-order valence-corrected chi connectivity index (χ0v) is 11.7. The monoisotopic (exact) mass is 240 g/mol. The first-order chi connectivity index (χ1) is 8.24. The van der Waals surface area contributed by atoms with E-state index in [2.05, 4.69) is 43.1 Å². The van der Waals surface area contributed by atoms with E-state index in [0.717, 1.165) is 25.9 Å². The molecule has 0 heterocycles. The Morgan fingerprint density at radius 3 is 2.35 bits per heavy atom. The average molecular weight is 240 g/mol. The van der Waals surface area contributed by atoms with Crippen molar-refractivity contribution in [2.24, 2.45) is 0 Å². The number of amides is 1. The van der Waals surface area contributed by atoms with Gasteiger partial charge < -0.3 is 5.32 Å². The molecule has 0 aromatic heterocycles. The van der Waals surface area contributed by atoms with Gasteiger partial charge in [0.2, 0.25) is 5.91 Å². The first-order valence-electron chi connectivity index (χ1n) is 6.88. The normalized spacial score (nSPS) is 11.3. The molecule has 0 rings (SSSR count). The van der Waals surface area contributed by atoms with Crippen molar-refractivity contribution in [2.75, 3.05) is 19.8 Å². The molecule has 0 aromatic carbocycles. The van der Waals surface area contributed by atoms with E-state index < -0.39 is 0 Å². The largest absolute Gasteiger partial charge is 0.343 e. The van der Waals surface area contributed by atoms with Gasteiger partial charge in [-0.05, 0) is 25.9 Å². The maximum absolute atomic E-state index is 11.5. The lowest BCUT2D eigenvalue weighted by molar-refractivity contribution is -0.121. The summed E-state index contributed by atoms with van der Waals surface area (Å²) in [5, 5.41) is 2.94. The molecular formula is C14H28N2O. The molecule has 1 N–H and O–H groups in total. The molecule has 0 aliphatic carbocycles. The molecule has 100 valence electrons. The van der Waals surface area contributed by atoms with Crippen LogP contribution in [0.5, 0.6) is 0 Å². The Morgan fingerprint density at radius 2 is 1.76 bits per heavy atom. The van der Waals surface area contributed by atoms with Gasteiger partial charge in [0.05, 0.1) is 6.67 Å². The molecule has 3 heteroatoms. The molecule has 0 atom stereocenters. The Labute approximate surface area is 106 Å². The maximum Gasteiger partial charge on any atom is 0.221 e. The smallest absolute Gasteiger partial charge is 0.221 e. The number of carbonyl (C=O) groups is 1. The Morgan fingerprint density at radius 1 is 1.12 bits per heavy atom. The Balaban J connectivity index is 3.49. The van der Waals surface area contributed by atoms with E-state index >= 15 is 0 Å². The highest BCUT2D eigenvalue weighted by atomic mass is 16.1. The predicted octanol–water partition coefficient (Wildman–Crippen LogP) is 2.93. The highest BCUT2D eigenvalue weighted by Crippen LogP contribution is 1.98. The van der Waals surface area contributed by atoms with E-state index in [9.17, 15) is 4.79 Å². The van der Waals surface area contributed by atoms with Crippen LogP contribution in [-0.4, -0.2) is 30.6 Å². The van der Waals surface area contributed by atoms with Crippen molar-refractivity contribution in [1.82, 2.24) is 10.2 Å². The molecule has 0 aromatic rings. The summed E-state index contributed by atoms with van der Waals surface area (Å²) in [5.41, 5.74) is 0. The van der Waals surface area contributed by atoms with E-state index in [1.165, 1.54) is 12.8 Å². The molecule has 0 aliphatic rings. The van der Waals surface area contributed by atoms with Crippen LogP contribution >= 0.6 is 0 Å². The number of unbranched alkanes of at least 4 members (excludes halogenated alkanes) is 2. The van der Waals surface area contributed by atoms with Gasteiger partial charge in [-0.1, -0.05) is 45.8 Å². The summed E-state index contributed by atoms with van der Waals surface area (Å²) in [5.74, 6) is 0.150. The van der Waals surface area contributed by atoms with E-state index in [0.29, 0.717) is 13.1 Å². The molecule has 0 fully saturated rings. The number of hydrogen-bond acceptors (Lipinski definition) is 2. The molecular weight excluding hydrogens is 212 g/mol. The molecule has 17 heavy (non-hydrogen) atoms. The summed E-state index contributed by atoms with van der Waals surface area (Å²) < 4.78 is 0. The van der Waals surface area contributed by atoms with Crippen LogP contribution < -0.4 is 5.32 Å². The number of carbonyl (C=O) groups excluding carboxylic acids is 1. The second-order valence-electron chi connectivity index (χ2n) is 4.21. The van der Waals surface area contributed by atoms with Crippen LogP contribution in [0.4, 0.5) is 0 Å². The van der Waals surface area contributed by atoms with Crippen LogP contribution in [0, 0.1) is 0 Å². The zero-order chi connectivity index (χ0) is 12.9. The molecule has 1 amide bonds. The number of allylic oxidation sites excluding steroid dienone is 2. The number of nitrogens with zero attached hydrogens (tertiary/aromatic N) is 1. The Bertz CT molecular complexity index is 210. The minimum Gasteiger partial charge on any atom is -0.343 e. The van der Waals surface area contributed by atoms with Crippen molar-refractivity contribution in [1.29, 1.82) is 0 Å². The zero-order valence-electron chi connectivity index (χ0n) is 11.7. The molecule has 0 radical (unpaired) electrons. The van der Waals surface area contributed by atoms with Crippen LogP contribution in [0.2, 0.25) is 0 Å². The van der Waals surface area contributed by atoms with Crippen LogP contribution in [-0.2, 0) is 4.79 Å². The lowest BCUT2D eigenvalue weighted by atomic mass is 10.2. The third kappa shape index (κ3) is 10.1. The third-order valence-electron chi connectivity index (χ3n) is 2.82. The van der Waals surface area contributed by atoms with Crippen molar-refractivity contribution in [3.8, 4) is 0 Å². The van der Waals surface area contributed by atoms with E-state index in [1.807, 2.05) is 0 Å². The predicted molar refractivity (Wildman–Crippen MR) is 73.8 cm³/mol. The Hall–Kier alpha value is -0.830. The number of rotatable bonds is 10. The molecule has 0 unspecified atom stereocenters. The summed E-state index contributed by atoms with van der Waals surface area (Å²) in [6.45, 7) is 9.03. The van der Waals surface area contributed by atoms with Gasteiger partial charge in [0.15, 0.2) is 0 Å². The van der Waals surface area contributed by atoms with Gasteiger partial charge >= 0.3 is 0 Å². The first-order valence-corrected chi connectivity index (χ1v) is 6.88. The Kier molecular flexibility index (Phi) is 11.1. The van der Waals surface area contributed by atoms with Crippen LogP contribution in [0.1, 0.15) is 52.9 Å². The van der Waals surface area contributed by atoms with E-state index in [-0.39, 0.29) is 5.91 Å². The fourth-order valence-corrected chi connectivity index (χ4v) is 1.51. The van der Waals surface area contributed by atoms with Gasteiger partial charge in [-0.25, -0.2) is 0 Å². The summed E-state index contributed by atoms with van der Waals surface area (Å²) in [6.07, 6.45) is 9.36. The molecule has 3 nitrogen and oxygen atoms in total. The lowest BCUT2D eigenvalue weighted by Gasteiger charge is -2.18. The van der Waals surface area contributed by atoms with Crippen molar-refractivity contribution in [2.45, 2.75) is 52.9 Å². The fourth-order valence-electron chi connectivity index (χ4n) is 1.51. The lowest BCUT2D eigenvalue weighted by Crippen LogP contribution is -2.37. The van der Waals surface area contributed by atoms with Crippen molar-refractivity contribution in [3.63, 3.8) is 0 Å². The number of hydrogen-bond donors (Lipinski definition) is 1. The quantitative estimate of drug-likeness (QED) is 0.362. The second kappa shape index (κ2) is 11.6. The van der Waals surface area contributed by atoms with Gasteiger partial charge in [-0.15, -0.1) is 0 Å². The molecule has 0 saturated carbocycles. The molecule has 0 aliphatic heterocycles. The molecule has 0 bridgehead atoms. The van der Waals surface area contributed by atoms with Gasteiger partial charge in [0, 0.05) is 6.42 Å². The fraction of sp³-hybridized carbons (Fsp3) is 0.786. The summed E-state index contributed by atoms with van der Waals surface area (Å²) in [7, 11) is 0. The molecule has 0 saturated heterocycles. The van der Waals surface area contributed by atoms with Gasteiger partial charge in [0.25, 0.3) is 0 Å². The number of nitrogens with one attached hydrogen (secondary N) is 1. The first kappa shape index (κ1) is 16.2. The van der Waals surface area contributed by atoms with Gasteiger partial charge in [0.1, 0.15) is 0 Å². The van der Waals surface area contributed by atoms with Gasteiger partial charge in [-0.2, -0.15) is 0 Å². The maximum atomic E-state index is 11.5. The minimum absolute atomic E-state index is 0.150. The molecule has 0 spiro atoms. The van der Waals surface area contributed by atoms with Crippen LogP contribution in [0.3, 0.4) is 0 Å². The summed E-state index contributed by atoms with van der Waals surface area (Å²) in [4.78, 5) is 13.7. The minimum atomic E-state index is 0.150. The van der Waals surface area contributed by atoms with Crippen LogP contribution in [0.15, 0.2) is 12.2 Å². The van der Waals surface area contributed by atoms with Crippen molar-refractivity contribution >= 4 is 5.91 Å². The SMILES string of the molecule is CCCC/C=C/CCC(=O)NCN(CC)CC. The third-order valence-corrected chi connectivity index (χ3v) is 2.82. The summed E-state index contributed by atoms with van der Waals surface area (Å²) in [6, 6.07) is 0. The van der Waals surface area contributed by atoms with Crippen LogP contribution in [0.25, 0.3) is 0 Å². The van der Waals surface area contributed by atoms with E-state index in [1.54, 1.807) is 0 Å². The highest BCUT2D eigenvalue weighted by Gasteiger charge is 2.02. The van der Waals surface area contributed by atoms with Crippen molar-refractivity contribution < 1.29 is 4.79 Å². The standard InChI is InChI=1S/C14H28N2O/c1-4-7-8-9-10-11-12-14(17)15-13-16(5-2)6-3/h9-10H,4-8,11-13H2,1-3H3,(H,15,17)/b10-9+. The second-order valence-corrected chi connectivity index (χ2v) is 4.21. The highest BCUT2D eigenvalue weighted by molar-refractivity contribution is 5.75. The summed E-state index contributed by atoms with van der Waals surface area (Å²) >= 11 is 0. The van der Waals surface area contributed by atoms with Gasteiger partial charge in [-0.3, -0.25) is 9.69 Å². The topological polar surface area (TPSA) is 32.3 Å². The van der Waals surface area contributed by atoms with Crippen molar-refractivity contribution in [3.05, 3.63) is 12.2 Å². The average Bonchev–Trinajstić information content (AvgIpc) is 2.35.